The number of carbonyl (C=O) groups is 1. The van der Waals surface area contributed by atoms with Crippen LogP contribution in [-0.2, 0) is 4.79 Å². The first-order valence-electron chi connectivity index (χ1n) is 8.06. The van der Waals surface area contributed by atoms with Gasteiger partial charge in [0.05, 0.1) is 22.8 Å². The third kappa shape index (κ3) is 4.03. The van der Waals surface area contributed by atoms with E-state index in [1.807, 2.05) is 43.1 Å². The number of thiazole rings is 1. The van der Waals surface area contributed by atoms with Crippen LogP contribution in [0.5, 0.6) is 0 Å². The fraction of sp³-hybridized carbons (Fsp3) is 0.263. The maximum atomic E-state index is 13.6. The highest BCUT2D eigenvalue weighted by Crippen LogP contribution is 2.28. The molecule has 0 aliphatic rings. The lowest BCUT2D eigenvalue weighted by atomic mass is 10.2. The van der Waals surface area contributed by atoms with Crippen LogP contribution in [0.15, 0.2) is 42.5 Å². The number of fused-ring (bicyclic) bond motifs is 1. The number of aryl methyl sites for hydroxylation is 1. The average Bonchev–Trinajstić information content (AvgIpc) is 3.01. The molecule has 1 N–H and O–H groups in total. The van der Waals surface area contributed by atoms with Gasteiger partial charge in [-0.15, -0.1) is 11.3 Å². The van der Waals surface area contributed by atoms with Crippen LogP contribution in [0.2, 0.25) is 0 Å². The molecule has 0 aliphatic heterocycles. The number of halogens is 1. The lowest BCUT2D eigenvalue weighted by molar-refractivity contribution is -0.117. The largest absolute Gasteiger partial charge is 0.325 e. The molecule has 1 aromatic heterocycles. The zero-order valence-electron chi connectivity index (χ0n) is 14.4. The summed E-state index contributed by atoms with van der Waals surface area (Å²) in [4.78, 5) is 18.8. The number of para-hydroxylation sites is 1. The molecule has 25 heavy (non-hydrogen) atoms. The van der Waals surface area contributed by atoms with Gasteiger partial charge >= 0.3 is 0 Å². The Morgan fingerprint density at radius 1 is 1.32 bits per heavy atom. The summed E-state index contributed by atoms with van der Waals surface area (Å²) in [6, 6.07) is 12.7. The van der Waals surface area contributed by atoms with Gasteiger partial charge in [-0.1, -0.05) is 18.2 Å². The molecule has 1 heterocycles. The van der Waals surface area contributed by atoms with Crippen LogP contribution in [0, 0.1) is 12.7 Å². The molecule has 4 nitrogen and oxygen atoms in total. The van der Waals surface area contributed by atoms with Gasteiger partial charge in [-0.2, -0.15) is 0 Å². The molecule has 0 spiro atoms. The highest BCUT2D eigenvalue weighted by Gasteiger charge is 2.18. The van der Waals surface area contributed by atoms with Crippen molar-refractivity contribution in [3.63, 3.8) is 0 Å². The molecule has 2 aromatic carbocycles. The number of anilines is 1. The highest BCUT2D eigenvalue weighted by atomic mass is 32.1. The van der Waals surface area contributed by atoms with Crippen LogP contribution >= 0.6 is 11.3 Å². The summed E-state index contributed by atoms with van der Waals surface area (Å²) in [5.41, 5.74) is 2.00. The van der Waals surface area contributed by atoms with Crippen molar-refractivity contribution < 1.29 is 9.18 Å². The maximum Gasteiger partial charge on any atom is 0.238 e. The number of nitrogens with zero attached hydrogens (tertiary/aromatic N) is 2. The molecule has 0 saturated heterocycles. The quantitative estimate of drug-likeness (QED) is 0.737. The molecule has 0 fully saturated rings. The summed E-state index contributed by atoms with van der Waals surface area (Å²) in [7, 11) is 1.88. The Morgan fingerprint density at radius 3 is 2.80 bits per heavy atom. The SMILES string of the molecule is Cc1ccc(NC(=O)CN(C)[C@@H](C)c2nc3ccccc3s2)cc1F. The third-order valence-corrected chi connectivity index (χ3v) is 5.38. The lowest BCUT2D eigenvalue weighted by Crippen LogP contribution is -2.32. The molecule has 1 atom stereocenters. The van der Waals surface area contributed by atoms with Crippen molar-refractivity contribution in [3.05, 3.63) is 58.9 Å². The Bertz CT molecular complexity index is 876. The molecule has 3 aromatic rings. The number of aromatic nitrogens is 1. The first-order chi connectivity index (χ1) is 11.9. The van der Waals surface area contributed by atoms with Crippen LogP contribution in [0.25, 0.3) is 10.2 Å². The zero-order chi connectivity index (χ0) is 18.0. The fourth-order valence-corrected chi connectivity index (χ4v) is 3.58. The summed E-state index contributed by atoms with van der Waals surface area (Å²) in [6.07, 6.45) is 0. The standard InChI is InChI=1S/C19H20FN3OS/c1-12-8-9-14(10-15(12)20)21-18(24)11-23(3)13(2)19-22-16-6-4-5-7-17(16)25-19/h4-10,13H,11H2,1-3H3,(H,21,24)/t13-/m0/s1. The van der Waals surface area contributed by atoms with E-state index in [1.165, 1.54) is 6.07 Å². The molecular weight excluding hydrogens is 337 g/mol. The van der Waals surface area contributed by atoms with Gasteiger partial charge in [0.15, 0.2) is 0 Å². The van der Waals surface area contributed by atoms with Crippen molar-refractivity contribution in [3.8, 4) is 0 Å². The van der Waals surface area contributed by atoms with E-state index >= 15 is 0 Å². The number of carbonyl (C=O) groups excluding carboxylic acids is 1. The molecule has 0 bridgehead atoms. The molecule has 3 rings (SSSR count). The van der Waals surface area contributed by atoms with E-state index in [0.29, 0.717) is 11.3 Å². The summed E-state index contributed by atoms with van der Waals surface area (Å²) < 4.78 is 14.7. The first-order valence-corrected chi connectivity index (χ1v) is 8.87. The number of benzene rings is 2. The van der Waals surface area contributed by atoms with Gasteiger partial charge in [-0.25, -0.2) is 9.37 Å². The van der Waals surface area contributed by atoms with Crippen molar-refractivity contribution in [2.45, 2.75) is 19.9 Å². The van der Waals surface area contributed by atoms with E-state index in [4.69, 9.17) is 0 Å². The van der Waals surface area contributed by atoms with E-state index in [0.717, 1.165) is 15.2 Å². The topological polar surface area (TPSA) is 45.2 Å². The second kappa shape index (κ2) is 7.29. The highest BCUT2D eigenvalue weighted by molar-refractivity contribution is 7.18. The first kappa shape index (κ1) is 17.5. The Morgan fingerprint density at radius 2 is 2.08 bits per heavy atom. The third-order valence-electron chi connectivity index (χ3n) is 4.18. The molecule has 0 unspecified atom stereocenters. The van der Waals surface area contributed by atoms with E-state index < -0.39 is 0 Å². The Balaban J connectivity index is 1.64. The van der Waals surface area contributed by atoms with Crippen LogP contribution in [0.3, 0.4) is 0 Å². The summed E-state index contributed by atoms with van der Waals surface area (Å²) >= 11 is 1.63. The number of rotatable bonds is 5. The number of likely N-dealkylation sites (N-methyl/N-ethyl adjacent to an activating group) is 1. The number of amides is 1. The minimum absolute atomic E-state index is 0.0119. The molecule has 6 heteroatoms. The van der Waals surface area contributed by atoms with E-state index in [1.54, 1.807) is 30.4 Å². The van der Waals surface area contributed by atoms with E-state index in [-0.39, 0.29) is 24.3 Å². The van der Waals surface area contributed by atoms with Gasteiger partial charge in [0.2, 0.25) is 5.91 Å². The maximum absolute atomic E-state index is 13.6. The number of nitrogens with one attached hydrogen (secondary N) is 1. The van der Waals surface area contributed by atoms with Crippen LogP contribution in [-0.4, -0.2) is 29.4 Å². The van der Waals surface area contributed by atoms with Gasteiger partial charge < -0.3 is 5.32 Å². The van der Waals surface area contributed by atoms with Crippen LogP contribution in [0.4, 0.5) is 10.1 Å². The Labute approximate surface area is 150 Å². The zero-order valence-corrected chi connectivity index (χ0v) is 15.2. The van der Waals surface area contributed by atoms with Crippen LogP contribution < -0.4 is 5.32 Å². The van der Waals surface area contributed by atoms with Gasteiger partial charge in [0.25, 0.3) is 0 Å². The smallest absolute Gasteiger partial charge is 0.238 e. The van der Waals surface area contributed by atoms with E-state index in [2.05, 4.69) is 10.3 Å². The number of hydrogen-bond donors (Lipinski definition) is 1. The molecule has 0 saturated carbocycles. The van der Waals surface area contributed by atoms with Crippen molar-refractivity contribution >= 4 is 33.1 Å². The van der Waals surface area contributed by atoms with Crippen molar-refractivity contribution in [2.75, 3.05) is 18.9 Å². The minimum Gasteiger partial charge on any atom is -0.325 e. The summed E-state index contributed by atoms with van der Waals surface area (Å²) in [6.45, 7) is 3.91. The van der Waals surface area contributed by atoms with E-state index in [9.17, 15) is 9.18 Å². The van der Waals surface area contributed by atoms with Crippen molar-refractivity contribution in [2.24, 2.45) is 0 Å². The molecule has 0 radical (unpaired) electrons. The molecular formula is C19H20FN3OS. The van der Waals surface area contributed by atoms with Crippen molar-refractivity contribution in [1.29, 1.82) is 0 Å². The molecule has 130 valence electrons. The average molecular weight is 357 g/mol. The predicted octanol–water partition coefficient (Wildman–Crippen LogP) is 4.38. The predicted molar refractivity (Wildman–Crippen MR) is 100 cm³/mol. The minimum atomic E-state index is -0.325. The fourth-order valence-electron chi connectivity index (χ4n) is 2.49. The summed E-state index contributed by atoms with van der Waals surface area (Å²) in [5.74, 6) is -0.507. The van der Waals surface area contributed by atoms with Crippen LogP contribution in [0.1, 0.15) is 23.5 Å². The Hall–Kier alpha value is -2.31. The molecule has 1 amide bonds. The van der Waals surface area contributed by atoms with Gasteiger partial charge in [-0.05, 0) is 50.7 Å². The van der Waals surface area contributed by atoms with Crippen molar-refractivity contribution in [1.82, 2.24) is 9.88 Å². The summed E-state index contributed by atoms with van der Waals surface area (Å²) in [5, 5.41) is 3.71. The monoisotopic (exact) mass is 357 g/mol. The second-order valence-electron chi connectivity index (χ2n) is 6.12. The van der Waals surface area contributed by atoms with Gasteiger partial charge in [0, 0.05) is 5.69 Å². The Kier molecular flexibility index (Phi) is 5.11. The second-order valence-corrected chi connectivity index (χ2v) is 7.19. The van der Waals surface area contributed by atoms with Gasteiger partial charge in [-0.3, -0.25) is 9.69 Å². The van der Waals surface area contributed by atoms with Gasteiger partial charge in [0.1, 0.15) is 10.8 Å². The lowest BCUT2D eigenvalue weighted by Gasteiger charge is -2.22. The normalized spacial score (nSPS) is 12.5. The molecule has 0 aliphatic carbocycles. The number of hydrogen-bond acceptors (Lipinski definition) is 4.